The number of unbranched alkanes of at least 4 members (excludes halogenated alkanes) is 1. The smallest absolute Gasteiger partial charge is 0.254 e. The summed E-state index contributed by atoms with van der Waals surface area (Å²) in [5.41, 5.74) is 18.3. The molecule has 0 aliphatic heterocycles. The molecule has 3 aromatic carbocycles. The van der Waals surface area contributed by atoms with Gasteiger partial charge in [-0.05, 0) is 85.2 Å². The Morgan fingerprint density at radius 1 is 0.925 bits per heavy atom. The van der Waals surface area contributed by atoms with Crippen molar-refractivity contribution in [3.8, 4) is 22.6 Å². The molecule has 4 N–H and O–H groups in total. The van der Waals surface area contributed by atoms with Gasteiger partial charge >= 0.3 is 0 Å². The van der Waals surface area contributed by atoms with E-state index in [9.17, 15) is 4.79 Å². The van der Waals surface area contributed by atoms with E-state index in [4.69, 9.17) is 20.9 Å². The molecule has 1 aliphatic carbocycles. The molecule has 0 aromatic heterocycles. The van der Waals surface area contributed by atoms with Crippen LogP contribution in [0.25, 0.3) is 11.1 Å². The van der Waals surface area contributed by atoms with Crippen LogP contribution in [0.2, 0.25) is 0 Å². The molecule has 1 amide bonds. The lowest BCUT2D eigenvalue weighted by molar-refractivity contribution is 0.0606. The van der Waals surface area contributed by atoms with Crippen LogP contribution in [0.4, 0.5) is 11.4 Å². The summed E-state index contributed by atoms with van der Waals surface area (Å²) in [7, 11) is 5.26. The maximum absolute atomic E-state index is 14.0. The molecule has 40 heavy (non-hydrogen) atoms. The Morgan fingerprint density at radius 2 is 1.65 bits per heavy atom. The standard InChI is InChI=1S/C33H44N4O3/c1-5-6-18-36(2)30-16-10-25(20-29(30)35)24-9-7-8-23(19-24)22-37(28-14-12-27(34)13-15-28)33(38)26-11-17-31(39-3)32(21-26)40-4/h7-11,16-17,19-21,27-28H,5-6,12-15,18,22,34-35H2,1-4H3. The Balaban J connectivity index is 1.60. The molecule has 0 radical (unpaired) electrons. The highest BCUT2D eigenvalue weighted by Crippen LogP contribution is 2.32. The van der Waals surface area contributed by atoms with Crippen LogP contribution in [-0.2, 0) is 6.54 Å². The molecule has 0 unspecified atom stereocenters. The van der Waals surface area contributed by atoms with Crippen LogP contribution in [-0.4, -0.2) is 50.7 Å². The maximum Gasteiger partial charge on any atom is 0.254 e. The number of nitrogen functional groups attached to an aromatic ring is 1. The zero-order valence-corrected chi connectivity index (χ0v) is 24.4. The summed E-state index contributed by atoms with van der Waals surface area (Å²) < 4.78 is 10.9. The third-order valence-corrected chi connectivity index (χ3v) is 7.97. The normalized spacial score (nSPS) is 16.8. The minimum absolute atomic E-state index is 0.0180. The zero-order chi connectivity index (χ0) is 28.6. The van der Waals surface area contributed by atoms with E-state index >= 15 is 0 Å². The predicted octanol–water partition coefficient (Wildman–Crippen LogP) is 6.10. The molecule has 7 nitrogen and oxygen atoms in total. The second-order valence-electron chi connectivity index (χ2n) is 10.8. The highest BCUT2D eigenvalue weighted by Gasteiger charge is 2.29. The predicted molar refractivity (Wildman–Crippen MR) is 164 cm³/mol. The third-order valence-electron chi connectivity index (χ3n) is 7.97. The number of hydrogen-bond acceptors (Lipinski definition) is 6. The largest absolute Gasteiger partial charge is 0.493 e. The summed E-state index contributed by atoms with van der Waals surface area (Å²) >= 11 is 0. The van der Waals surface area contributed by atoms with Gasteiger partial charge in [-0.3, -0.25) is 4.79 Å². The Morgan fingerprint density at radius 3 is 2.33 bits per heavy atom. The lowest BCUT2D eigenvalue weighted by Gasteiger charge is -2.36. The number of carbonyl (C=O) groups is 1. The number of rotatable bonds is 11. The molecule has 0 saturated heterocycles. The summed E-state index contributed by atoms with van der Waals surface area (Å²) in [4.78, 5) is 18.2. The van der Waals surface area contributed by atoms with E-state index < -0.39 is 0 Å². The molecular weight excluding hydrogens is 500 g/mol. The quantitative estimate of drug-likeness (QED) is 0.283. The van der Waals surface area contributed by atoms with Gasteiger partial charge in [0.25, 0.3) is 5.91 Å². The molecule has 3 aromatic rings. The highest BCUT2D eigenvalue weighted by molar-refractivity contribution is 5.95. The number of benzene rings is 3. The lowest BCUT2D eigenvalue weighted by atomic mass is 9.90. The highest BCUT2D eigenvalue weighted by atomic mass is 16.5. The molecule has 0 bridgehead atoms. The first-order valence-corrected chi connectivity index (χ1v) is 14.3. The third kappa shape index (κ3) is 6.89. The Bertz CT molecular complexity index is 1290. The lowest BCUT2D eigenvalue weighted by Crippen LogP contribution is -2.43. The van der Waals surface area contributed by atoms with Crippen LogP contribution >= 0.6 is 0 Å². The Labute approximate surface area is 239 Å². The fourth-order valence-electron chi connectivity index (χ4n) is 5.56. The van der Waals surface area contributed by atoms with E-state index in [0.29, 0.717) is 23.6 Å². The van der Waals surface area contributed by atoms with Gasteiger partial charge in [0.1, 0.15) is 0 Å². The number of nitrogens with two attached hydrogens (primary N) is 2. The molecule has 7 heteroatoms. The van der Waals surface area contributed by atoms with Crippen molar-refractivity contribution in [2.45, 2.75) is 64.1 Å². The van der Waals surface area contributed by atoms with Crippen molar-refractivity contribution in [1.29, 1.82) is 0 Å². The van der Waals surface area contributed by atoms with Gasteiger partial charge in [0.05, 0.1) is 25.6 Å². The van der Waals surface area contributed by atoms with Crippen molar-refractivity contribution in [3.05, 3.63) is 71.8 Å². The van der Waals surface area contributed by atoms with Crippen LogP contribution in [0.1, 0.15) is 61.4 Å². The number of carbonyl (C=O) groups excluding carboxylic acids is 1. The minimum atomic E-state index is -0.0180. The molecule has 1 saturated carbocycles. The summed E-state index contributed by atoms with van der Waals surface area (Å²) in [6.45, 7) is 3.68. The minimum Gasteiger partial charge on any atom is -0.493 e. The monoisotopic (exact) mass is 544 g/mol. The van der Waals surface area contributed by atoms with Gasteiger partial charge in [-0.2, -0.15) is 0 Å². The van der Waals surface area contributed by atoms with Crippen molar-refractivity contribution >= 4 is 17.3 Å². The maximum atomic E-state index is 14.0. The molecule has 0 atom stereocenters. The van der Waals surface area contributed by atoms with E-state index in [0.717, 1.165) is 73.1 Å². The first-order valence-electron chi connectivity index (χ1n) is 14.3. The fraction of sp³-hybridized carbons (Fsp3) is 0.424. The van der Waals surface area contributed by atoms with Crippen molar-refractivity contribution in [2.75, 3.05) is 38.4 Å². The fourth-order valence-corrected chi connectivity index (χ4v) is 5.56. The van der Waals surface area contributed by atoms with Crippen LogP contribution in [0, 0.1) is 0 Å². The van der Waals surface area contributed by atoms with E-state index in [-0.39, 0.29) is 18.0 Å². The molecule has 214 valence electrons. The molecule has 1 aliphatic rings. The summed E-state index contributed by atoms with van der Waals surface area (Å²) in [5.74, 6) is 1.13. The van der Waals surface area contributed by atoms with Crippen molar-refractivity contribution < 1.29 is 14.3 Å². The van der Waals surface area contributed by atoms with Crippen LogP contribution in [0.3, 0.4) is 0 Å². The topological polar surface area (TPSA) is 94.0 Å². The Hall–Kier alpha value is -3.71. The molecular formula is C33H44N4O3. The Kier molecular flexibility index (Phi) is 9.93. The molecule has 0 heterocycles. The van der Waals surface area contributed by atoms with Gasteiger partial charge in [-0.15, -0.1) is 0 Å². The average Bonchev–Trinajstić information content (AvgIpc) is 2.98. The first-order chi connectivity index (χ1) is 19.3. The second kappa shape index (κ2) is 13.6. The van der Waals surface area contributed by atoms with Gasteiger partial charge in [-0.25, -0.2) is 0 Å². The van der Waals surface area contributed by atoms with Crippen molar-refractivity contribution in [1.82, 2.24) is 4.90 Å². The second-order valence-corrected chi connectivity index (χ2v) is 10.8. The van der Waals surface area contributed by atoms with Gasteiger partial charge < -0.3 is 30.7 Å². The van der Waals surface area contributed by atoms with Crippen LogP contribution in [0.5, 0.6) is 11.5 Å². The van der Waals surface area contributed by atoms with E-state index in [1.807, 2.05) is 17.0 Å². The molecule has 0 spiro atoms. The zero-order valence-electron chi connectivity index (χ0n) is 24.4. The number of methoxy groups -OCH3 is 2. The number of anilines is 2. The van der Waals surface area contributed by atoms with Gasteiger partial charge in [-0.1, -0.05) is 37.6 Å². The van der Waals surface area contributed by atoms with E-state index in [1.165, 1.54) is 0 Å². The first kappa shape index (κ1) is 29.3. The van der Waals surface area contributed by atoms with E-state index in [1.54, 1.807) is 26.4 Å². The van der Waals surface area contributed by atoms with Crippen molar-refractivity contribution in [2.24, 2.45) is 5.73 Å². The molecule has 4 rings (SSSR count). The van der Waals surface area contributed by atoms with Gasteiger partial charge in [0.15, 0.2) is 11.5 Å². The summed E-state index contributed by atoms with van der Waals surface area (Å²) in [6, 6.07) is 20.4. The summed E-state index contributed by atoms with van der Waals surface area (Å²) in [6.07, 6.45) is 5.89. The van der Waals surface area contributed by atoms with Crippen LogP contribution in [0.15, 0.2) is 60.7 Å². The average molecular weight is 545 g/mol. The number of hydrogen-bond donors (Lipinski definition) is 2. The van der Waals surface area contributed by atoms with E-state index in [2.05, 4.69) is 55.3 Å². The van der Waals surface area contributed by atoms with Crippen molar-refractivity contribution in [3.63, 3.8) is 0 Å². The molecule has 1 fully saturated rings. The number of nitrogens with zero attached hydrogens (tertiary/aromatic N) is 2. The van der Waals surface area contributed by atoms with Gasteiger partial charge in [0.2, 0.25) is 0 Å². The van der Waals surface area contributed by atoms with Crippen LogP contribution < -0.4 is 25.8 Å². The SMILES string of the molecule is CCCCN(C)c1ccc(-c2cccc(CN(C(=O)c3ccc(OC)c(OC)c3)C3CCC(N)CC3)c2)cc1N. The number of amides is 1. The summed E-state index contributed by atoms with van der Waals surface area (Å²) in [5, 5.41) is 0. The number of ether oxygens (including phenoxy) is 2. The van der Waals surface area contributed by atoms with Gasteiger partial charge in [0, 0.05) is 37.8 Å².